The molecule has 0 bridgehead atoms. The number of methoxy groups -OCH3 is 1. The van der Waals surface area contributed by atoms with Gasteiger partial charge in [0.15, 0.2) is 5.76 Å². The number of rotatable bonds is 8. The number of hydrogen-bond acceptors (Lipinski definition) is 4. The summed E-state index contributed by atoms with van der Waals surface area (Å²) in [5.41, 5.74) is 4.17. The summed E-state index contributed by atoms with van der Waals surface area (Å²) in [4.78, 5) is 28.9. The van der Waals surface area contributed by atoms with Crippen molar-refractivity contribution in [3.8, 4) is 5.75 Å². The number of fused-ring (bicyclic) bond motifs is 1. The molecular formula is C26H25N3O4. The van der Waals surface area contributed by atoms with Crippen LogP contribution in [0.25, 0.3) is 17.0 Å². The van der Waals surface area contributed by atoms with Gasteiger partial charge in [0.2, 0.25) is 0 Å². The summed E-state index contributed by atoms with van der Waals surface area (Å²) in [5, 5.41) is 6.72. The van der Waals surface area contributed by atoms with E-state index < -0.39 is 5.91 Å². The maximum atomic E-state index is 13.0. The lowest BCUT2D eigenvalue weighted by Crippen LogP contribution is -2.35. The third-order valence-corrected chi connectivity index (χ3v) is 5.35. The van der Waals surface area contributed by atoms with Crippen LogP contribution in [0.3, 0.4) is 0 Å². The zero-order valence-electron chi connectivity index (χ0n) is 18.5. The smallest absolute Gasteiger partial charge is 0.291 e. The van der Waals surface area contributed by atoms with Crippen LogP contribution >= 0.6 is 0 Å². The zero-order valence-corrected chi connectivity index (χ0v) is 18.5. The average Bonchev–Trinajstić information content (AvgIpc) is 3.47. The molecule has 33 heavy (non-hydrogen) atoms. The molecule has 2 amide bonds. The predicted octanol–water partition coefficient (Wildman–Crippen LogP) is 4.21. The molecule has 0 radical (unpaired) electrons. The number of hydrogen-bond donors (Lipinski definition) is 3. The molecule has 0 spiro atoms. The first-order chi connectivity index (χ1) is 16.0. The van der Waals surface area contributed by atoms with E-state index in [1.807, 2.05) is 25.1 Å². The summed E-state index contributed by atoms with van der Waals surface area (Å²) in [6, 6.07) is 18.4. The van der Waals surface area contributed by atoms with Gasteiger partial charge in [0.25, 0.3) is 11.8 Å². The number of benzene rings is 2. The van der Waals surface area contributed by atoms with E-state index in [0.29, 0.717) is 18.7 Å². The summed E-state index contributed by atoms with van der Waals surface area (Å²) in [5.74, 6) is -0.0599. The van der Waals surface area contributed by atoms with Crippen molar-refractivity contribution >= 4 is 28.8 Å². The largest absolute Gasteiger partial charge is 0.497 e. The molecule has 0 atom stereocenters. The molecule has 4 rings (SSSR count). The highest BCUT2D eigenvalue weighted by atomic mass is 16.5. The molecule has 7 nitrogen and oxygen atoms in total. The minimum absolute atomic E-state index is 0.122. The number of nitrogens with one attached hydrogen (secondary N) is 3. The van der Waals surface area contributed by atoms with E-state index in [1.165, 1.54) is 12.3 Å². The van der Waals surface area contributed by atoms with Gasteiger partial charge < -0.3 is 24.8 Å². The van der Waals surface area contributed by atoms with Crippen molar-refractivity contribution in [3.05, 3.63) is 95.2 Å². The fourth-order valence-electron chi connectivity index (χ4n) is 3.67. The molecule has 0 fully saturated rings. The Morgan fingerprint density at radius 1 is 1.06 bits per heavy atom. The van der Waals surface area contributed by atoms with Crippen molar-refractivity contribution in [2.75, 3.05) is 13.7 Å². The highest BCUT2D eigenvalue weighted by Crippen LogP contribution is 2.22. The molecule has 168 valence electrons. The topological polar surface area (TPSA) is 96.4 Å². The van der Waals surface area contributed by atoms with Gasteiger partial charge in [0.1, 0.15) is 11.4 Å². The first kappa shape index (κ1) is 22.0. The summed E-state index contributed by atoms with van der Waals surface area (Å²) in [6.07, 6.45) is 3.68. The van der Waals surface area contributed by atoms with E-state index >= 15 is 0 Å². The van der Waals surface area contributed by atoms with Crippen LogP contribution < -0.4 is 15.4 Å². The van der Waals surface area contributed by atoms with Crippen LogP contribution in [0.15, 0.2) is 77.0 Å². The number of amides is 2. The Bertz CT molecular complexity index is 1290. The van der Waals surface area contributed by atoms with Crippen LogP contribution in [-0.2, 0) is 11.2 Å². The van der Waals surface area contributed by atoms with Gasteiger partial charge >= 0.3 is 0 Å². The van der Waals surface area contributed by atoms with Crippen LogP contribution in [0.4, 0.5) is 0 Å². The maximum Gasteiger partial charge on any atom is 0.291 e. The number of aromatic amines is 1. The lowest BCUT2D eigenvalue weighted by atomic mass is 10.1. The standard InChI is InChI=1S/C26H25N3O4/c1-17-20(21-6-3-4-7-22(21)28-17)13-14-27-25(30)23(29-26(31)24-8-5-15-33-24)16-18-9-11-19(32-2)12-10-18/h3-12,15-16,28H,13-14H2,1-2H3,(H,27,30)(H,29,31). The third kappa shape index (κ3) is 5.15. The second kappa shape index (κ2) is 9.91. The highest BCUT2D eigenvalue weighted by molar-refractivity contribution is 6.04. The number of furan rings is 1. The second-order valence-corrected chi connectivity index (χ2v) is 7.54. The molecule has 2 aromatic carbocycles. The lowest BCUT2D eigenvalue weighted by molar-refractivity contribution is -0.117. The fourth-order valence-corrected chi connectivity index (χ4v) is 3.67. The van der Waals surface area contributed by atoms with Crippen molar-refractivity contribution in [1.82, 2.24) is 15.6 Å². The van der Waals surface area contributed by atoms with Gasteiger partial charge in [-0.1, -0.05) is 30.3 Å². The van der Waals surface area contributed by atoms with E-state index in [0.717, 1.165) is 27.7 Å². The molecule has 0 unspecified atom stereocenters. The van der Waals surface area contributed by atoms with Crippen LogP contribution in [0.2, 0.25) is 0 Å². The van der Waals surface area contributed by atoms with Crippen molar-refractivity contribution in [2.24, 2.45) is 0 Å². The summed E-state index contributed by atoms with van der Waals surface area (Å²) >= 11 is 0. The summed E-state index contributed by atoms with van der Waals surface area (Å²) in [7, 11) is 1.59. The van der Waals surface area contributed by atoms with Gasteiger partial charge in [-0.15, -0.1) is 0 Å². The monoisotopic (exact) mass is 443 g/mol. The van der Waals surface area contributed by atoms with Gasteiger partial charge in [-0.05, 0) is 60.9 Å². The van der Waals surface area contributed by atoms with Crippen LogP contribution in [0.5, 0.6) is 5.75 Å². The first-order valence-corrected chi connectivity index (χ1v) is 10.6. The lowest BCUT2D eigenvalue weighted by Gasteiger charge is -2.11. The Labute approximate surface area is 191 Å². The molecule has 2 heterocycles. The van der Waals surface area contributed by atoms with E-state index in [9.17, 15) is 9.59 Å². The van der Waals surface area contributed by atoms with Crippen molar-refractivity contribution < 1.29 is 18.7 Å². The molecule has 4 aromatic rings. The van der Waals surface area contributed by atoms with Crippen molar-refractivity contribution in [2.45, 2.75) is 13.3 Å². The number of H-pyrrole nitrogens is 1. The Balaban J connectivity index is 1.49. The van der Waals surface area contributed by atoms with Crippen molar-refractivity contribution in [1.29, 1.82) is 0 Å². The SMILES string of the molecule is COc1ccc(C=C(NC(=O)c2ccco2)C(=O)NCCc2c(C)[nH]c3ccccc23)cc1. The third-order valence-electron chi connectivity index (χ3n) is 5.35. The number of aromatic nitrogens is 1. The molecule has 0 aliphatic carbocycles. The fraction of sp³-hybridized carbons (Fsp3) is 0.154. The first-order valence-electron chi connectivity index (χ1n) is 10.6. The van der Waals surface area contributed by atoms with E-state index in [-0.39, 0.29) is 17.4 Å². The van der Waals surface area contributed by atoms with Gasteiger partial charge in [-0.25, -0.2) is 0 Å². The molecule has 3 N–H and O–H groups in total. The Hall–Kier alpha value is -4.26. The van der Waals surface area contributed by atoms with Gasteiger partial charge in [-0.3, -0.25) is 9.59 Å². The molecule has 7 heteroatoms. The van der Waals surface area contributed by atoms with E-state index in [4.69, 9.17) is 9.15 Å². The predicted molar refractivity (Wildman–Crippen MR) is 127 cm³/mol. The number of ether oxygens (including phenoxy) is 1. The van der Waals surface area contributed by atoms with Crippen LogP contribution in [-0.4, -0.2) is 30.5 Å². The molecule has 0 saturated heterocycles. The molecule has 0 aliphatic heterocycles. The molecular weight excluding hydrogens is 418 g/mol. The Morgan fingerprint density at radius 2 is 1.85 bits per heavy atom. The number of aryl methyl sites for hydroxylation is 1. The number of carbonyl (C=O) groups excluding carboxylic acids is 2. The Kier molecular flexibility index (Phi) is 6.59. The minimum Gasteiger partial charge on any atom is -0.497 e. The van der Waals surface area contributed by atoms with E-state index in [2.05, 4.69) is 21.7 Å². The van der Waals surface area contributed by atoms with Gasteiger partial charge in [0.05, 0.1) is 13.4 Å². The number of carbonyl (C=O) groups is 2. The normalized spacial score (nSPS) is 11.4. The van der Waals surface area contributed by atoms with Crippen molar-refractivity contribution in [3.63, 3.8) is 0 Å². The van der Waals surface area contributed by atoms with Gasteiger partial charge in [-0.2, -0.15) is 0 Å². The van der Waals surface area contributed by atoms with Crippen LogP contribution in [0.1, 0.15) is 27.4 Å². The maximum absolute atomic E-state index is 13.0. The van der Waals surface area contributed by atoms with Crippen LogP contribution in [0, 0.1) is 6.92 Å². The molecule has 2 aromatic heterocycles. The second-order valence-electron chi connectivity index (χ2n) is 7.54. The average molecular weight is 444 g/mol. The molecule has 0 aliphatic rings. The summed E-state index contributed by atoms with van der Waals surface area (Å²) in [6.45, 7) is 2.44. The number of para-hydroxylation sites is 1. The Morgan fingerprint density at radius 3 is 2.58 bits per heavy atom. The summed E-state index contributed by atoms with van der Waals surface area (Å²) < 4.78 is 10.3. The van der Waals surface area contributed by atoms with E-state index in [1.54, 1.807) is 43.5 Å². The minimum atomic E-state index is -0.498. The van der Waals surface area contributed by atoms with Gasteiger partial charge in [0, 0.05) is 23.1 Å². The molecule has 0 saturated carbocycles. The highest BCUT2D eigenvalue weighted by Gasteiger charge is 2.17. The zero-order chi connectivity index (χ0) is 23.2. The quantitative estimate of drug-likeness (QED) is 0.356.